The lowest BCUT2D eigenvalue weighted by Crippen LogP contribution is -2.41. The van der Waals surface area contributed by atoms with Crippen molar-refractivity contribution in [3.05, 3.63) is 51.1 Å². The number of nitrogens with zero attached hydrogens (tertiary/aromatic N) is 3. The zero-order valence-corrected chi connectivity index (χ0v) is 14.6. The van der Waals surface area contributed by atoms with Crippen LogP contribution in [-0.2, 0) is 4.74 Å². The smallest absolute Gasteiger partial charge is 0.410 e. The van der Waals surface area contributed by atoms with Crippen LogP contribution in [0.1, 0.15) is 32.8 Å². The van der Waals surface area contributed by atoms with Crippen molar-refractivity contribution in [2.45, 2.75) is 32.8 Å². The predicted molar refractivity (Wildman–Crippen MR) is 94.0 cm³/mol. The van der Waals surface area contributed by atoms with Gasteiger partial charge in [-0.15, -0.1) is 0 Å². The number of ether oxygens (including phenoxy) is 1. The molecule has 0 spiro atoms. The number of amides is 1. The molecule has 0 fully saturated rings. The van der Waals surface area contributed by atoms with Crippen LogP contribution < -0.4 is 0 Å². The highest BCUT2D eigenvalue weighted by Gasteiger charge is 2.32. The van der Waals surface area contributed by atoms with E-state index in [0.717, 1.165) is 11.1 Å². The van der Waals surface area contributed by atoms with E-state index >= 15 is 0 Å². The van der Waals surface area contributed by atoms with Crippen LogP contribution in [0, 0.1) is 10.1 Å². The van der Waals surface area contributed by atoms with Gasteiger partial charge < -0.3 is 9.64 Å². The Morgan fingerprint density at radius 3 is 2.72 bits per heavy atom. The maximum Gasteiger partial charge on any atom is 0.410 e. The van der Waals surface area contributed by atoms with Crippen LogP contribution in [0.15, 0.2) is 40.4 Å². The number of benzene rings is 1. The fourth-order valence-electron chi connectivity index (χ4n) is 3.09. The lowest BCUT2D eigenvalue weighted by atomic mass is 9.94. The average molecular weight is 343 g/mol. The zero-order chi connectivity index (χ0) is 18.2. The van der Waals surface area contributed by atoms with Gasteiger partial charge in [-0.05, 0) is 44.4 Å². The molecule has 132 valence electrons. The molecule has 0 bridgehead atoms. The number of rotatable bonds is 2. The summed E-state index contributed by atoms with van der Waals surface area (Å²) >= 11 is 0. The van der Waals surface area contributed by atoms with Crippen molar-refractivity contribution in [2.75, 3.05) is 19.6 Å². The summed E-state index contributed by atoms with van der Waals surface area (Å²) in [5.74, 6) is 0. The normalized spacial score (nSPS) is 17.2. The van der Waals surface area contributed by atoms with Crippen molar-refractivity contribution in [1.82, 2.24) is 4.90 Å². The van der Waals surface area contributed by atoms with E-state index in [1.165, 1.54) is 6.07 Å². The predicted octanol–water partition coefficient (Wildman–Crippen LogP) is 3.33. The molecule has 0 N–H and O–H groups in total. The molecule has 0 saturated heterocycles. The van der Waals surface area contributed by atoms with E-state index in [1.54, 1.807) is 23.1 Å². The highest BCUT2D eigenvalue weighted by Crippen LogP contribution is 2.31. The fraction of sp³-hybridized carbons (Fsp3) is 0.444. The highest BCUT2D eigenvalue weighted by atomic mass is 16.6. The molecule has 0 aromatic heterocycles. The maximum atomic E-state index is 12.3. The van der Waals surface area contributed by atoms with Gasteiger partial charge in [0.05, 0.1) is 22.7 Å². The van der Waals surface area contributed by atoms with Crippen molar-refractivity contribution in [1.29, 1.82) is 0 Å². The number of aliphatic imine (C=N–C) groups is 1. The lowest BCUT2D eigenvalue weighted by molar-refractivity contribution is -0.385. The van der Waals surface area contributed by atoms with Gasteiger partial charge in [0.25, 0.3) is 5.69 Å². The summed E-state index contributed by atoms with van der Waals surface area (Å²) in [4.78, 5) is 29.3. The first-order valence-electron chi connectivity index (χ1n) is 8.24. The Balaban J connectivity index is 1.81. The van der Waals surface area contributed by atoms with Crippen LogP contribution in [0.4, 0.5) is 10.5 Å². The Hall–Kier alpha value is -2.70. The molecule has 0 radical (unpaired) electrons. The van der Waals surface area contributed by atoms with Crippen LogP contribution in [-0.4, -0.2) is 46.9 Å². The van der Waals surface area contributed by atoms with Crippen molar-refractivity contribution in [3.8, 4) is 0 Å². The van der Waals surface area contributed by atoms with E-state index in [0.29, 0.717) is 37.3 Å². The van der Waals surface area contributed by atoms with E-state index < -0.39 is 5.60 Å². The van der Waals surface area contributed by atoms with E-state index in [2.05, 4.69) is 4.99 Å². The molecule has 7 heteroatoms. The summed E-state index contributed by atoms with van der Waals surface area (Å²) in [6.45, 7) is 6.96. The Morgan fingerprint density at radius 1 is 1.32 bits per heavy atom. The van der Waals surface area contributed by atoms with Gasteiger partial charge in [0.1, 0.15) is 5.60 Å². The molecule has 0 saturated carbocycles. The van der Waals surface area contributed by atoms with Crippen LogP contribution >= 0.6 is 0 Å². The standard InChI is InChI=1S/C18H21N3O4/c1-18(2,3)25-17(22)20-9-8-13-12(11-20)10-19-16(13)14-6-4-5-7-15(14)21(23)24/h4-7H,8-11H2,1-3H3. The van der Waals surface area contributed by atoms with E-state index in [9.17, 15) is 14.9 Å². The molecule has 2 aliphatic rings. The molecule has 2 aliphatic heterocycles. The third kappa shape index (κ3) is 3.55. The number of hydrogen-bond donors (Lipinski definition) is 0. The summed E-state index contributed by atoms with van der Waals surface area (Å²) in [6.07, 6.45) is 0.289. The number of nitro groups is 1. The van der Waals surface area contributed by atoms with Crippen LogP contribution in [0.3, 0.4) is 0 Å². The molecule has 0 aliphatic carbocycles. The molecule has 1 aromatic rings. The van der Waals surface area contributed by atoms with Gasteiger partial charge in [-0.2, -0.15) is 0 Å². The van der Waals surface area contributed by atoms with Crippen molar-refractivity contribution >= 4 is 17.5 Å². The summed E-state index contributed by atoms with van der Waals surface area (Å²) in [6, 6.07) is 6.65. The summed E-state index contributed by atoms with van der Waals surface area (Å²) in [7, 11) is 0. The molecular weight excluding hydrogens is 322 g/mol. The second-order valence-corrected chi connectivity index (χ2v) is 7.17. The Labute approximate surface area is 146 Å². The summed E-state index contributed by atoms with van der Waals surface area (Å²) in [5.41, 5.74) is 2.81. The lowest BCUT2D eigenvalue weighted by Gasteiger charge is -2.31. The van der Waals surface area contributed by atoms with E-state index in [4.69, 9.17) is 4.74 Å². The summed E-state index contributed by atoms with van der Waals surface area (Å²) < 4.78 is 5.43. The van der Waals surface area contributed by atoms with E-state index in [-0.39, 0.29) is 16.7 Å². The number of hydrogen-bond acceptors (Lipinski definition) is 5. The maximum absolute atomic E-state index is 12.3. The molecule has 7 nitrogen and oxygen atoms in total. The van der Waals surface area contributed by atoms with Crippen molar-refractivity contribution < 1.29 is 14.5 Å². The van der Waals surface area contributed by atoms with Crippen LogP contribution in [0.2, 0.25) is 0 Å². The van der Waals surface area contributed by atoms with Gasteiger partial charge in [0, 0.05) is 19.2 Å². The van der Waals surface area contributed by atoms with Gasteiger partial charge in [-0.1, -0.05) is 12.1 Å². The number of nitro benzene ring substituents is 1. The fourth-order valence-corrected chi connectivity index (χ4v) is 3.09. The summed E-state index contributed by atoms with van der Waals surface area (Å²) in [5, 5.41) is 11.3. The molecule has 0 unspecified atom stereocenters. The Morgan fingerprint density at radius 2 is 2.04 bits per heavy atom. The Kier molecular flexibility index (Phi) is 4.32. The minimum atomic E-state index is -0.534. The second-order valence-electron chi connectivity index (χ2n) is 7.17. The molecule has 25 heavy (non-hydrogen) atoms. The quantitative estimate of drug-likeness (QED) is 0.609. The largest absolute Gasteiger partial charge is 0.444 e. The third-order valence-electron chi connectivity index (χ3n) is 4.16. The van der Waals surface area contributed by atoms with Gasteiger partial charge >= 0.3 is 6.09 Å². The van der Waals surface area contributed by atoms with Crippen molar-refractivity contribution in [2.24, 2.45) is 4.99 Å². The first-order chi connectivity index (χ1) is 11.8. The number of carbonyl (C=O) groups is 1. The van der Waals surface area contributed by atoms with Gasteiger partial charge in [0.15, 0.2) is 0 Å². The molecular formula is C18H21N3O4. The molecule has 1 aromatic carbocycles. The highest BCUT2D eigenvalue weighted by molar-refractivity contribution is 6.16. The number of carbonyl (C=O) groups excluding carboxylic acids is 1. The van der Waals surface area contributed by atoms with Gasteiger partial charge in [-0.25, -0.2) is 4.79 Å². The monoisotopic (exact) mass is 343 g/mol. The minimum absolute atomic E-state index is 0.0598. The first-order valence-corrected chi connectivity index (χ1v) is 8.24. The second kappa shape index (κ2) is 6.31. The Bertz CT molecular complexity index is 790. The van der Waals surface area contributed by atoms with Crippen LogP contribution in [0.5, 0.6) is 0 Å². The minimum Gasteiger partial charge on any atom is -0.444 e. The molecule has 1 amide bonds. The van der Waals surface area contributed by atoms with Gasteiger partial charge in [0.2, 0.25) is 0 Å². The number of para-hydroxylation sites is 1. The third-order valence-corrected chi connectivity index (χ3v) is 4.16. The van der Waals surface area contributed by atoms with Gasteiger partial charge in [-0.3, -0.25) is 15.1 Å². The van der Waals surface area contributed by atoms with Crippen LogP contribution in [0.25, 0.3) is 0 Å². The topological polar surface area (TPSA) is 85.0 Å². The zero-order valence-electron chi connectivity index (χ0n) is 14.6. The van der Waals surface area contributed by atoms with E-state index in [1.807, 2.05) is 20.8 Å². The molecule has 0 atom stereocenters. The molecule has 2 heterocycles. The average Bonchev–Trinajstić information content (AvgIpc) is 2.96. The SMILES string of the molecule is CC(C)(C)OC(=O)N1CCC2=C(CN=C2c2ccccc2[N+](=O)[O-])C1. The first kappa shape index (κ1) is 17.1. The van der Waals surface area contributed by atoms with Crippen molar-refractivity contribution in [3.63, 3.8) is 0 Å². The molecule has 3 rings (SSSR count).